The maximum Gasteiger partial charge on any atom is 0.336 e. The van der Waals surface area contributed by atoms with Crippen molar-refractivity contribution in [1.29, 1.82) is 0 Å². The molecule has 6 nitrogen and oxygen atoms in total. The number of hydrogen-bond donors (Lipinski definition) is 1. The molecule has 0 bridgehead atoms. The molecule has 0 spiro atoms. The van der Waals surface area contributed by atoms with E-state index in [9.17, 15) is 9.90 Å². The molecule has 6 heteroatoms. The molecule has 2 aromatic carbocycles. The zero-order valence-electron chi connectivity index (χ0n) is 15.8. The molecular weight excluding hydrogens is 354 g/mol. The summed E-state index contributed by atoms with van der Waals surface area (Å²) in [5.74, 6) is 5.69. The topological polar surface area (TPSA) is 77.2 Å². The summed E-state index contributed by atoms with van der Waals surface area (Å²) in [5.41, 5.74) is 2.88. The van der Waals surface area contributed by atoms with Gasteiger partial charge in [-0.1, -0.05) is 48.4 Å². The van der Waals surface area contributed by atoms with Crippen LogP contribution in [0.2, 0.25) is 0 Å². The maximum absolute atomic E-state index is 11.4. The lowest BCUT2D eigenvalue weighted by Gasteiger charge is -2.08. The van der Waals surface area contributed by atoms with Gasteiger partial charge in [-0.05, 0) is 36.6 Å². The Bertz CT molecular complexity index is 1030. The lowest BCUT2D eigenvalue weighted by Crippen LogP contribution is -2.05. The fourth-order valence-electron chi connectivity index (χ4n) is 2.86. The minimum Gasteiger partial charge on any atom is -0.478 e. The van der Waals surface area contributed by atoms with Gasteiger partial charge in [0.05, 0.1) is 12.2 Å². The van der Waals surface area contributed by atoms with Gasteiger partial charge >= 0.3 is 12.0 Å². The Morgan fingerprint density at radius 3 is 2.61 bits per heavy atom. The SMILES string of the molecule is CC#CCn1nc(OCC)nc1Cc1ccc(-c2ccccc2C(=O)O)cc1. The van der Waals surface area contributed by atoms with Crippen molar-refractivity contribution in [2.75, 3.05) is 6.61 Å². The third kappa shape index (κ3) is 4.38. The number of hydrogen-bond acceptors (Lipinski definition) is 4. The minimum absolute atomic E-state index is 0.287. The summed E-state index contributed by atoms with van der Waals surface area (Å²) in [6.07, 6.45) is 0.576. The van der Waals surface area contributed by atoms with Gasteiger partial charge in [0.25, 0.3) is 0 Å². The van der Waals surface area contributed by atoms with E-state index >= 15 is 0 Å². The standard InChI is InChI=1S/C22H21N3O3/c1-3-5-14-25-20(23-22(24-25)28-4-2)15-16-10-12-17(13-11-16)18-8-6-7-9-19(18)21(26)27/h6-13H,4,14-15H2,1-2H3,(H,26,27). The van der Waals surface area contributed by atoms with Crippen molar-refractivity contribution in [3.8, 4) is 29.0 Å². The van der Waals surface area contributed by atoms with Crippen LogP contribution in [0.1, 0.15) is 35.6 Å². The number of rotatable bonds is 7. The van der Waals surface area contributed by atoms with E-state index < -0.39 is 5.97 Å². The molecule has 0 unspecified atom stereocenters. The normalized spacial score (nSPS) is 10.2. The number of carboxylic acid groups (broad SMARTS) is 1. The molecule has 142 valence electrons. The lowest BCUT2D eigenvalue weighted by atomic mass is 9.98. The molecule has 3 rings (SSSR count). The highest BCUT2D eigenvalue weighted by molar-refractivity contribution is 5.95. The number of aromatic nitrogens is 3. The average molecular weight is 375 g/mol. The van der Waals surface area contributed by atoms with E-state index in [0.29, 0.717) is 31.1 Å². The molecule has 0 fully saturated rings. The van der Waals surface area contributed by atoms with Gasteiger partial charge < -0.3 is 9.84 Å². The van der Waals surface area contributed by atoms with Crippen LogP contribution in [0.4, 0.5) is 0 Å². The summed E-state index contributed by atoms with van der Waals surface area (Å²) < 4.78 is 7.16. The van der Waals surface area contributed by atoms with Crippen molar-refractivity contribution in [2.45, 2.75) is 26.8 Å². The molecule has 0 aliphatic carbocycles. The summed E-state index contributed by atoms with van der Waals surface area (Å²) in [7, 11) is 0. The van der Waals surface area contributed by atoms with E-state index in [1.807, 2.05) is 43.3 Å². The van der Waals surface area contributed by atoms with Crippen molar-refractivity contribution < 1.29 is 14.6 Å². The first kappa shape index (κ1) is 19.2. The first-order valence-electron chi connectivity index (χ1n) is 9.00. The van der Waals surface area contributed by atoms with Gasteiger partial charge in [0.1, 0.15) is 12.4 Å². The lowest BCUT2D eigenvalue weighted by molar-refractivity contribution is 0.0697. The van der Waals surface area contributed by atoms with Gasteiger partial charge in [-0.25, -0.2) is 9.48 Å². The smallest absolute Gasteiger partial charge is 0.336 e. The largest absolute Gasteiger partial charge is 0.478 e. The van der Waals surface area contributed by atoms with E-state index in [1.54, 1.807) is 23.7 Å². The van der Waals surface area contributed by atoms with Gasteiger partial charge in [-0.2, -0.15) is 4.98 Å². The van der Waals surface area contributed by atoms with E-state index in [1.165, 1.54) is 0 Å². The quantitative estimate of drug-likeness (QED) is 0.638. The summed E-state index contributed by atoms with van der Waals surface area (Å²) in [4.78, 5) is 15.9. The molecule has 0 amide bonds. The van der Waals surface area contributed by atoms with Crippen LogP contribution in [0.15, 0.2) is 48.5 Å². The number of nitrogens with zero attached hydrogens (tertiary/aromatic N) is 3. The first-order valence-corrected chi connectivity index (χ1v) is 9.00. The van der Waals surface area contributed by atoms with E-state index in [2.05, 4.69) is 21.9 Å². The van der Waals surface area contributed by atoms with Crippen LogP contribution >= 0.6 is 0 Å². The predicted molar refractivity (Wildman–Crippen MR) is 106 cm³/mol. The Kier molecular flexibility index (Phi) is 6.07. The van der Waals surface area contributed by atoms with Crippen molar-refractivity contribution in [2.24, 2.45) is 0 Å². The van der Waals surface area contributed by atoms with Gasteiger partial charge in [0, 0.05) is 6.42 Å². The molecule has 0 atom stereocenters. The van der Waals surface area contributed by atoms with Crippen LogP contribution in [0.25, 0.3) is 11.1 Å². The predicted octanol–water partition coefficient (Wildman–Crippen LogP) is 3.66. The first-order chi connectivity index (χ1) is 13.6. The molecular formula is C22H21N3O3. The van der Waals surface area contributed by atoms with E-state index in [4.69, 9.17) is 4.74 Å². The number of benzene rings is 2. The second-order valence-electron chi connectivity index (χ2n) is 6.05. The maximum atomic E-state index is 11.4. The van der Waals surface area contributed by atoms with Gasteiger partial charge in [0.15, 0.2) is 0 Å². The van der Waals surface area contributed by atoms with Gasteiger partial charge in [-0.3, -0.25) is 0 Å². The second-order valence-corrected chi connectivity index (χ2v) is 6.05. The second kappa shape index (κ2) is 8.87. The molecule has 1 heterocycles. The van der Waals surface area contributed by atoms with Crippen LogP contribution < -0.4 is 4.74 Å². The third-order valence-electron chi connectivity index (χ3n) is 4.19. The van der Waals surface area contributed by atoms with Crippen molar-refractivity contribution >= 4 is 5.97 Å². The number of carbonyl (C=O) groups is 1. The van der Waals surface area contributed by atoms with E-state index in [0.717, 1.165) is 17.0 Å². The van der Waals surface area contributed by atoms with Gasteiger partial charge in [-0.15, -0.1) is 11.0 Å². The highest BCUT2D eigenvalue weighted by Crippen LogP contribution is 2.24. The molecule has 1 aromatic heterocycles. The number of ether oxygens (including phenoxy) is 1. The van der Waals surface area contributed by atoms with E-state index in [-0.39, 0.29) is 5.56 Å². The Morgan fingerprint density at radius 1 is 1.18 bits per heavy atom. The summed E-state index contributed by atoms with van der Waals surface area (Å²) in [5, 5.41) is 13.7. The van der Waals surface area contributed by atoms with Crippen LogP contribution in [0.5, 0.6) is 6.01 Å². The summed E-state index contributed by atoms with van der Waals surface area (Å²) in [6, 6.07) is 15.1. The average Bonchev–Trinajstić information content (AvgIpc) is 3.08. The molecule has 0 saturated carbocycles. The Balaban J connectivity index is 1.85. The van der Waals surface area contributed by atoms with Crippen molar-refractivity contribution in [3.05, 3.63) is 65.5 Å². The van der Waals surface area contributed by atoms with Crippen LogP contribution in [0, 0.1) is 11.8 Å². The van der Waals surface area contributed by atoms with Crippen LogP contribution in [-0.4, -0.2) is 32.4 Å². The van der Waals surface area contributed by atoms with Crippen LogP contribution in [-0.2, 0) is 13.0 Å². The highest BCUT2D eigenvalue weighted by Gasteiger charge is 2.13. The Hall–Kier alpha value is -3.59. The minimum atomic E-state index is -0.937. The molecule has 3 aromatic rings. The third-order valence-corrected chi connectivity index (χ3v) is 4.19. The number of carboxylic acids is 1. The molecule has 1 N–H and O–H groups in total. The molecule has 0 saturated heterocycles. The zero-order chi connectivity index (χ0) is 19.9. The fraction of sp³-hybridized carbons (Fsp3) is 0.227. The molecule has 28 heavy (non-hydrogen) atoms. The fourth-order valence-corrected chi connectivity index (χ4v) is 2.86. The molecule has 0 radical (unpaired) electrons. The number of aromatic carboxylic acids is 1. The molecule has 0 aliphatic rings. The van der Waals surface area contributed by atoms with Crippen molar-refractivity contribution in [1.82, 2.24) is 14.8 Å². The summed E-state index contributed by atoms with van der Waals surface area (Å²) in [6.45, 7) is 4.63. The molecule has 0 aliphatic heterocycles. The van der Waals surface area contributed by atoms with Crippen LogP contribution in [0.3, 0.4) is 0 Å². The van der Waals surface area contributed by atoms with Gasteiger partial charge in [0.2, 0.25) is 0 Å². The zero-order valence-corrected chi connectivity index (χ0v) is 15.8. The Morgan fingerprint density at radius 2 is 1.93 bits per heavy atom. The Labute approximate surface area is 163 Å². The monoisotopic (exact) mass is 375 g/mol. The van der Waals surface area contributed by atoms with Crippen molar-refractivity contribution in [3.63, 3.8) is 0 Å². The highest BCUT2D eigenvalue weighted by atomic mass is 16.5. The summed E-state index contributed by atoms with van der Waals surface area (Å²) >= 11 is 0.